The highest BCUT2D eigenvalue weighted by molar-refractivity contribution is 5.94. The van der Waals surface area contributed by atoms with Crippen LogP contribution < -0.4 is 5.73 Å². The summed E-state index contributed by atoms with van der Waals surface area (Å²) in [6, 6.07) is 20.3. The predicted octanol–water partition coefficient (Wildman–Crippen LogP) is 6.07. The minimum absolute atomic E-state index is 0.0163. The lowest BCUT2D eigenvalue weighted by Crippen LogP contribution is -2.46. The molecule has 1 heterocycles. The molecule has 0 bridgehead atoms. The molecule has 1 fully saturated rings. The van der Waals surface area contributed by atoms with E-state index in [-0.39, 0.29) is 17.6 Å². The highest BCUT2D eigenvalue weighted by atomic mass is 19.1. The van der Waals surface area contributed by atoms with Crippen LogP contribution in [0.4, 0.5) is 4.39 Å². The zero-order valence-electron chi connectivity index (χ0n) is 23.2. The Morgan fingerprint density at radius 2 is 1.82 bits per heavy atom. The number of amides is 1. The molecule has 39 heavy (non-hydrogen) atoms. The van der Waals surface area contributed by atoms with Crippen molar-refractivity contribution in [3.63, 3.8) is 0 Å². The zero-order valence-corrected chi connectivity index (χ0v) is 23.2. The molecule has 0 radical (unpaired) electrons. The van der Waals surface area contributed by atoms with E-state index in [9.17, 15) is 9.90 Å². The maximum absolute atomic E-state index is 15.6. The first-order valence-electron chi connectivity index (χ1n) is 14.1. The maximum atomic E-state index is 15.6. The second kappa shape index (κ2) is 13.3. The van der Waals surface area contributed by atoms with Gasteiger partial charge in [0.15, 0.2) is 0 Å². The molecular weight excluding hydrogens is 491 g/mol. The molecule has 0 saturated carbocycles. The van der Waals surface area contributed by atoms with Crippen molar-refractivity contribution in [3.8, 4) is 11.1 Å². The van der Waals surface area contributed by atoms with Gasteiger partial charge in [0.2, 0.25) is 0 Å². The van der Waals surface area contributed by atoms with Crippen LogP contribution in [0.15, 0.2) is 66.7 Å². The smallest absolute Gasteiger partial charge is 0.253 e. The molecule has 1 amide bonds. The monoisotopic (exact) mass is 532 g/mol. The van der Waals surface area contributed by atoms with Gasteiger partial charge < -0.3 is 20.5 Å². The highest BCUT2D eigenvalue weighted by Crippen LogP contribution is 2.47. The van der Waals surface area contributed by atoms with Gasteiger partial charge in [0.05, 0.1) is 5.60 Å². The van der Waals surface area contributed by atoms with Gasteiger partial charge in [-0.15, -0.1) is 0 Å². The Bertz CT molecular complexity index is 1240. The van der Waals surface area contributed by atoms with Crippen molar-refractivity contribution in [3.05, 3.63) is 94.8 Å². The molecule has 0 aliphatic carbocycles. The fourth-order valence-corrected chi connectivity index (χ4v) is 6.04. The topological polar surface area (TPSA) is 75.8 Å². The number of carbonyl (C=O) groups excluding carboxylic acids is 1. The Morgan fingerprint density at radius 1 is 1.08 bits per heavy atom. The van der Waals surface area contributed by atoms with E-state index in [1.54, 1.807) is 7.11 Å². The van der Waals surface area contributed by atoms with Crippen molar-refractivity contribution >= 4 is 5.91 Å². The van der Waals surface area contributed by atoms with Crippen LogP contribution in [0.25, 0.3) is 11.1 Å². The number of aryl methyl sites for hydroxylation is 1. The van der Waals surface area contributed by atoms with Crippen LogP contribution in [0.1, 0.15) is 66.1 Å². The first kappa shape index (κ1) is 28.9. The molecule has 5 nitrogen and oxygen atoms in total. The van der Waals surface area contributed by atoms with E-state index in [0.717, 1.165) is 29.5 Å². The summed E-state index contributed by atoms with van der Waals surface area (Å²) in [5.74, 6) is -0.456. The number of rotatable bonds is 11. The number of hydrogen-bond acceptors (Lipinski definition) is 4. The van der Waals surface area contributed by atoms with E-state index >= 15 is 4.39 Å². The largest absolute Gasteiger partial charge is 0.385 e. The number of nitrogens with zero attached hydrogens (tertiary/aromatic N) is 1. The first-order valence-corrected chi connectivity index (χ1v) is 14.1. The summed E-state index contributed by atoms with van der Waals surface area (Å²) in [7, 11) is 1.68. The second-order valence-electron chi connectivity index (χ2n) is 10.5. The van der Waals surface area contributed by atoms with E-state index in [1.807, 2.05) is 72.5 Å². The van der Waals surface area contributed by atoms with E-state index < -0.39 is 5.60 Å². The molecule has 3 aromatic rings. The Balaban J connectivity index is 1.68. The van der Waals surface area contributed by atoms with Gasteiger partial charge in [-0.2, -0.15) is 0 Å². The number of benzene rings is 3. The molecule has 3 N–H and O–H groups in total. The number of carbonyl (C=O) groups is 1. The third kappa shape index (κ3) is 6.40. The fourth-order valence-electron chi connectivity index (χ4n) is 6.04. The number of unbranched alkanes of at least 4 members (excludes halogenated alkanes) is 1. The van der Waals surface area contributed by atoms with Crippen molar-refractivity contribution in [2.24, 2.45) is 11.7 Å². The maximum Gasteiger partial charge on any atom is 0.253 e. The van der Waals surface area contributed by atoms with Gasteiger partial charge in [0, 0.05) is 44.5 Å². The van der Waals surface area contributed by atoms with Crippen LogP contribution >= 0.6 is 0 Å². The average Bonchev–Trinajstić information content (AvgIpc) is 2.99. The summed E-state index contributed by atoms with van der Waals surface area (Å²) >= 11 is 0. The Kier molecular flexibility index (Phi) is 9.89. The number of piperidine rings is 1. The predicted molar refractivity (Wildman–Crippen MR) is 154 cm³/mol. The molecule has 4 rings (SSSR count). The number of likely N-dealkylation sites (tertiary alicyclic amines) is 1. The van der Waals surface area contributed by atoms with Gasteiger partial charge >= 0.3 is 0 Å². The number of methoxy groups -OCH3 is 1. The number of hydrogen-bond donors (Lipinski definition) is 2. The van der Waals surface area contributed by atoms with Gasteiger partial charge in [-0.3, -0.25) is 4.79 Å². The molecule has 1 saturated heterocycles. The van der Waals surface area contributed by atoms with Gasteiger partial charge in [-0.1, -0.05) is 55.5 Å². The molecule has 1 aliphatic rings. The van der Waals surface area contributed by atoms with Crippen LogP contribution in [0, 0.1) is 11.7 Å². The van der Waals surface area contributed by atoms with Gasteiger partial charge in [-0.05, 0) is 84.9 Å². The quantitative estimate of drug-likeness (QED) is 0.294. The number of halogens is 1. The first-order chi connectivity index (χ1) is 18.9. The molecule has 1 aliphatic heterocycles. The van der Waals surface area contributed by atoms with Crippen molar-refractivity contribution in [2.75, 3.05) is 26.8 Å². The highest BCUT2D eigenvalue weighted by Gasteiger charge is 2.43. The number of aliphatic hydroxyl groups is 1. The van der Waals surface area contributed by atoms with E-state index in [1.165, 1.54) is 6.07 Å². The van der Waals surface area contributed by atoms with E-state index in [4.69, 9.17) is 10.5 Å². The molecule has 0 aromatic heterocycles. The van der Waals surface area contributed by atoms with E-state index in [2.05, 4.69) is 0 Å². The zero-order chi connectivity index (χ0) is 27.8. The summed E-state index contributed by atoms with van der Waals surface area (Å²) in [5.41, 5.74) is 9.02. The lowest BCUT2D eigenvalue weighted by molar-refractivity contribution is -0.0557. The lowest BCUT2D eigenvalue weighted by atomic mass is 9.69. The van der Waals surface area contributed by atoms with Crippen LogP contribution in [-0.2, 0) is 23.3 Å². The SMILES string of the molecule is CCc1ccc(F)c(-c2ccccc2)c1C(O)(CCCCOC)C1CCN(C(=O)c2cccc(CN)c2)CC1. The van der Waals surface area contributed by atoms with Crippen molar-refractivity contribution in [1.82, 2.24) is 4.90 Å². The summed E-state index contributed by atoms with van der Waals surface area (Å²) in [5, 5.41) is 12.7. The molecular formula is C33H41FN2O3. The van der Waals surface area contributed by atoms with Crippen LogP contribution in [0.5, 0.6) is 0 Å². The van der Waals surface area contributed by atoms with Gasteiger partial charge in [0.25, 0.3) is 5.91 Å². The van der Waals surface area contributed by atoms with Crippen molar-refractivity contribution in [1.29, 1.82) is 0 Å². The summed E-state index contributed by atoms with van der Waals surface area (Å²) in [6.45, 7) is 4.12. The summed E-state index contributed by atoms with van der Waals surface area (Å²) in [4.78, 5) is 15.1. The third-order valence-electron chi connectivity index (χ3n) is 8.14. The average molecular weight is 533 g/mol. The Labute approximate surface area is 231 Å². The third-order valence-corrected chi connectivity index (χ3v) is 8.14. The molecule has 3 aromatic carbocycles. The normalized spacial score (nSPS) is 15.8. The van der Waals surface area contributed by atoms with Crippen LogP contribution in [0.3, 0.4) is 0 Å². The lowest BCUT2D eigenvalue weighted by Gasteiger charge is -2.44. The molecule has 208 valence electrons. The molecule has 1 unspecified atom stereocenters. The second-order valence-corrected chi connectivity index (χ2v) is 10.5. The van der Waals surface area contributed by atoms with Crippen molar-refractivity contribution < 1.29 is 19.0 Å². The standard InChI is InChI=1S/C33H41FN2O3/c1-3-25-14-15-29(34)30(26-11-5-4-6-12-26)31(25)33(38,18-7-8-21-39-2)28-16-19-36(20-17-28)32(37)27-13-9-10-24(22-27)23-35/h4-6,9-15,22,28,38H,3,7-8,16-21,23,35H2,1-2H3. The van der Waals surface area contributed by atoms with Gasteiger partial charge in [0.1, 0.15) is 5.82 Å². The van der Waals surface area contributed by atoms with Crippen LogP contribution in [0.2, 0.25) is 0 Å². The molecule has 0 spiro atoms. The van der Waals surface area contributed by atoms with E-state index in [0.29, 0.717) is 68.6 Å². The molecule has 1 atom stereocenters. The minimum Gasteiger partial charge on any atom is -0.385 e. The van der Waals surface area contributed by atoms with Gasteiger partial charge in [-0.25, -0.2) is 4.39 Å². The fraction of sp³-hybridized carbons (Fsp3) is 0.424. The minimum atomic E-state index is -1.24. The van der Waals surface area contributed by atoms with Crippen LogP contribution in [-0.4, -0.2) is 42.7 Å². The Morgan fingerprint density at radius 3 is 2.49 bits per heavy atom. The summed E-state index contributed by atoms with van der Waals surface area (Å²) < 4.78 is 20.9. The number of nitrogens with two attached hydrogens (primary N) is 1. The van der Waals surface area contributed by atoms with Crippen molar-refractivity contribution in [2.45, 2.75) is 57.6 Å². The molecule has 6 heteroatoms. The Hall–Kier alpha value is -3.06. The summed E-state index contributed by atoms with van der Waals surface area (Å²) in [6.07, 6.45) is 4.02. The number of ether oxygens (including phenoxy) is 1.